The van der Waals surface area contributed by atoms with Crippen molar-refractivity contribution in [3.8, 4) is 17.1 Å². The Morgan fingerprint density at radius 2 is 1.80 bits per heavy atom. The van der Waals surface area contributed by atoms with Gasteiger partial charge in [0.05, 0.1) is 21.6 Å². The molecule has 1 aromatic heterocycles. The van der Waals surface area contributed by atoms with E-state index in [1.165, 1.54) is 24.3 Å². The van der Waals surface area contributed by atoms with Crippen LogP contribution in [0.3, 0.4) is 0 Å². The molecule has 3 saturated carbocycles. The van der Waals surface area contributed by atoms with Crippen molar-refractivity contribution in [2.75, 3.05) is 6.61 Å². The molecule has 1 heterocycles. The predicted octanol–water partition coefficient (Wildman–Crippen LogP) is 4.83. The van der Waals surface area contributed by atoms with E-state index in [9.17, 15) is 18.7 Å². The van der Waals surface area contributed by atoms with Gasteiger partial charge in [-0.05, 0) is 62.4 Å². The molecule has 1 atom stereocenters. The fourth-order valence-electron chi connectivity index (χ4n) is 5.04. The van der Waals surface area contributed by atoms with Crippen molar-refractivity contribution in [3.05, 3.63) is 64.0 Å². The van der Waals surface area contributed by atoms with Crippen LogP contribution in [0.1, 0.15) is 38.0 Å². The summed E-state index contributed by atoms with van der Waals surface area (Å²) in [6.07, 6.45) is 1.72. The van der Waals surface area contributed by atoms with Gasteiger partial charge in [0, 0.05) is 17.2 Å². The number of hydrogen-bond acceptors (Lipinski definition) is 6. The number of amides is 1. The van der Waals surface area contributed by atoms with Crippen LogP contribution in [0.15, 0.2) is 40.9 Å². The Morgan fingerprint density at radius 3 is 2.46 bits per heavy atom. The van der Waals surface area contributed by atoms with Gasteiger partial charge in [0.1, 0.15) is 17.4 Å². The molecule has 0 spiro atoms. The fourth-order valence-corrected chi connectivity index (χ4v) is 5.27. The zero-order valence-electron chi connectivity index (χ0n) is 18.4. The number of aromatic nitrogens is 2. The summed E-state index contributed by atoms with van der Waals surface area (Å²) in [4.78, 5) is 17.0. The SMILES string of the molecule is O=C(COc1ccc(Cl)c(F)c1)NC12CCC(c3nc(-c4ccc(Cl)c(F)c4)no3)(CC1)[C@@H](O)C2. The third-order valence-corrected chi connectivity index (χ3v) is 7.63. The maximum absolute atomic E-state index is 13.8. The molecule has 3 aromatic rings. The topological polar surface area (TPSA) is 97.5 Å². The van der Waals surface area contributed by atoms with Crippen molar-refractivity contribution >= 4 is 29.1 Å². The van der Waals surface area contributed by atoms with Gasteiger partial charge in [-0.1, -0.05) is 28.4 Å². The lowest BCUT2D eigenvalue weighted by molar-refractivity contribution is -0.129. The lowest BCUT2D eigenvalue weighted by Gasteiger charge is -2.54. The third-order valence-electron chi connectivity index (χ3n) is 7.02. The number of carbonyl (C=O) groups excluding carboxylic acids is 1. The summed E-state index contributed by atoms with van der Waals surface area (Å²) in [5.41, 5.74) is -0.906. The van der Waals surface area contributed by atoms with Gasteiger partial charge < -0.3 is 19.7 Å². The van der Waals surface area contributed by atoms with Crippen LogP contribution in [0.4, 0.5) is 8.78 Å². The van der Waals surface area contributed by atoms with Crippen LogP contribution in [0.25, 0.3) is 11.4 Å². The van der Waals surface area contributed by atoms with E-state index in [4.69, 9.17) is 32.5 Å². The summed E-state index contributed by atoms with van der Waals surface area (Å²) < 4.78 is 38.3. The number of ether oxygens (including phenoxy) is 1. The summed E-state index contributed by atoms with van der Waals surface area (Å²) in [5, 5.41) is 18.0. The number of hydrogen-bond donors (Lipinski definition) is 2. The highest BCUT2D eigenvalue weighted by atomic mass is 35.5. The van der Waals surface area contributed by atoms with E-state index in [2.05, 4.69) is 15.5 Å². The van der Waals surface area contributed by atoms with E-state index in [-0.39, 0.29) is 34.1 Å². The van der Waals surface area contributed by atoms with Gasteiger partial charge in [0.2, 0.25) is 11.7 Å². The number of aliphatic hydroxyl groups excluding tert-OH is 1. The molecule has 6 rings (SSSR count). The van der Waals surface area contributed by atoms with Crippen molar-refractivity contribution < 1.29 is 27.9 Å². The molecule has 3 aliphatic carbocycles. The second-order valence-electron chi connectivity index (χ2n) is 9.12. The Morgan fingerprint density at radius 1 is 1.11 bits per heavy atom. The van der Waals surface area contributed by atoms with Crippen LogP contribution in [0.2, 0.25) is 10.0 Å². The van der Waals surface area contributed by atoms with Crippen molar-refractivity contribution in [3.63, 3.8) is 0 Å². The Bertz CT molecular complexity index is 1280. The van der Waals surface area contributed by atoms with Gasteiger partial charge >= 0.3 is 0 Å². The molecule has 3 aliphatic rings. The summed E-state index contributed by atoms with van der Waals surface area (Å²) >= 11 is 11.4. The Kier molecular flexibility index (Phi) is 6.19. The first kappa shape index (κ1) is 24.0. The van der Waals surface area contributed by atoms with Crippen LogP contribution in [-0.2, 0) is 10.2 Å². The van der Waals surface area contributed by atoms with E-state index >= 15 is 0 Å². The summed E-state index contributed by atoms with van der Waals surface area (Å²) in [5.74, 6) is -0.889. The van der Waals surface area contributed by atoms with E-state index in [0.29, 0.717) is 43.6 Å². The van der Waals surface area contributed by atoms with Crippen LogP contribution in [0, 0.1) is 11.6 Å². The lowest BCUT2D eigenvalue weighted by atomic mass is 9.55. The zero-order chi connectivity index (χ0) is 24.8. The molecule has 0 saturated heterocycles. The molecular formula is C24H21Cl2F2N3O4. The highest BCUT2D eigenvalue weighted by Crippen LogP contribution is 2.53. The number of aliphatic hydroxyl groups is 1. The number of fused-ring (bicyclic) bond motifs is 3. The first-order valence-electron chi connectivity index (χ1n) is 11.1. The van der Waals surface area contributed by atoms with Crippen molar-refractivity contribution in [2.45, 2.75) is 49.2 Å². The molecular weight excluding hydrogens is 503 g/mol. The monoisotopic (exact) mass is 523 g/mol. The van der Waals surface area contributed by atoms with Crippen molar-refractivity contribution in [1.29, 1.82) is 0 Å². The second kappa shape index (κ2) is 9.04. The van der Waals surface area contributed by atoms with E-state index in [1.807, 2.05) is 0 Å². The average molecular weight is 524 g/mol. The maximum atomic E-state index is 13.8. The molecule has 35 heavy (non-hydrogen) atoms. The van der Waals surface area contributed by atoms with E-state index in [0.717, 1.165) is 6.07 Å². The zero-order valence-corrected chi connectivity index (χ0v) is 19.9. The standard InChI is InChI=1S/C24H21Cl2F2N3O4/c25-15-3-1-13(9-17(15)27)21-29-22(35-31-21)24-7-5-23(6-8-24,11-19(24)32)30-20(33)12-34-14-2-4-16(26)18(28)10-14/h1-4,9-10,19,32H,5-8,11-12H2,(H,30,33)/t19-,23?,24?/m0/s1. The molecule has 184 valence electrons. The van der Waals surface area contributed by atoms with Gasteiger partial charge in [0.15, 0.2) is 6.61 Å². The number of rotatable bonds is 6. The van der Waals surface area contributed by atoms with Gasteiger partial charge in [-0.15, -0.1) is 0 Å². The van der Waals surface area contributed by atoms with Crippen LogP contribution in [0.5, 0.6) is 5.75 Å². The predicted molar refractivity (Wildman–Crippen MR) is 123 cm³/mol. The molecule has 0 radical (unpaired) electrons. The highest BCUT2D eigenvalue weighted by molar-refractivity contribution is 6.31. The van der Waals surface area contributed by atoms with E-state index < -0.39 is 28.7 Å². The molecule has 11 heteroatoms. The number of nitrogens with zero attached hydrogens (tertiary/aromatic N) is 2. The smallest absolute Gasteiger partial charge is 0.258 e. The minimum absolute atomic E-state index is 0.00448. The first-order valence-corrected chi connectivity index (χ1v) is 11.8. The third kappa shape index (κ3) is 4.48. The number of nitrogens with one attached hydrogen (secondary N) is 1. The Labute approximate surface area is 209 Å². The van der Waals surface area contributed by atoms with Gasteiger partial charge in [-0.3, -0.25) is 4.79 Å². The normalized spacial score (nSPS) is 25.5. The first-order chi connectivity index (χ1) is 16.7. The van der Waals surface area contributed by atoms with Crippen LogP contribution < -0.4 is 10.1 Å². The minimum Gasteiger partial charge on any atom is -0.484 e. The largest absolute Gasteiger partial charge is 0.484 e. The van der Waals surface area contributed by atoms with Crippen molar-refractivity contribution in [2.24, 2.45) is 0 Å². The summed E-state index contributed by atoms with van der Waals surface area (Å²) in [7, 11) is 0. The van der Waals surface area contributed by atoms with Gasteiger partial charge in [-0.2, -0.15) is 4.98 Å². The summed E-state index contributed by atoms with van der Waals surface area (Å²) in [6.45, 7) is -0.297. The van der Waals surface area contributed by atoms with Gasteiger partial charge in [0.25, 0.3) is 5.91 Å². The fraction of sp³-hybridized carbons (Fsp3) is 0.375. The Balaban J connectivity index is 1.24. The molecule has 0 aliphatic heterocycles. The van der Waals surface area contributed by atoms with Crippen LogP contribution >= 0.6 is 23.2 Å². The maximum Gasteiger partial charge on any atom is 0.258 e. The molecule has 2 N–H and O–H groups in total. The molecule has 1 amide bonds. The molecule has 2 bridgehead atoms. The number of carbonyl (C=O) groups is 1. The average Bonchev–Trinajstić information content (AvgIpc) is 3.33. The Hall–Kier alpha value is -2.75. The van der Waals surface area contributed by atoms with Crippen molar-refractivity contribution in [1.82, 2.24) is 15.5 Å². The summed E-state index contributed by atoms with van der Waals surface area (Å²) in [6, 6.07) is 8.19. The molecule has 2 aromatic carbocycles. The number of benzene rings is 2. The van der Waals surface area contributed by atoms with Gasteiger partial charge in [-0.25, -0.2) is 8.78 Å². The second-order valence-corrected chi connectivity index (χ2v) is 9.94. The molecule has 7 nitrogen and oxygen atoms in total. The van der Waals surface area contributed by atoms with E-state index in [1.54, 1.807) is 6.07 Å². The van der Waals surface area contributed by atoms with Crippen LogP contribution in [-0.4, -0.2) is 39.4 Å². The minimum atomic E-state index is -0.827. The lowest BCUT2D eigenvalue weighted by Crippen LogP contribution is -2.64. The molecule has 0 unspecified atom stereocenters. The highest BCUT2D eigenvalue weighted by Gasteiger charge is 2.58. The number of halogens is 4. The molecule has 3 fully saturated rings. The quantitative estimate of drug-likeness (QED) is 0.480.